The summed E-state index contributed by atoms with van der Waals surface area (Å²) in [7, 11) is 0. The van der Waals surface area contributed by atoms with E-state index in [2.05, 4.69) is 40.3 Å². The summed E-state index contributed by atoms with van der Waals surface area (Å²) in [5, 5.41) is 3.86. The number of aromatic nitrogens is 2. The third kappa shape index (κ3) is 5.34. The van der Waals surface area contributed by atoms with Gasteiger partial charge in [0.15, 0.2) is 0 Å². The molecule has 0 saturated carbocycles. The number of benzene rings is 2. The number of anilines is 2. The number of carbonyl (C=O) groups excluding carboxylic acids is 2. The van der Waals surface area contributed by atoms with Gasteiger partial charge >= 0.3 is 0 Å². The van der Waals surface area contributed by atoms with Gasteiger partial charge in [-0.2, -0.15) is 4.98 Å². The van der Waals surface area contributed by atoms with Crippen molar-refractivity contribution in [1.29, 1.82) is 0 Å². The van der Waals surface area contributed by atoms with Crippen molar-refractivity contribution in [2.75, 3.05) is 36.4 Å². The molecule has 1 aliphatic rings. The number of nitrogens with one attached hydrogen (secondary N) is 1. The van der Waals surface area contributed by atoms with Crippen LogP contribution >= 0.6 is 11.3 Å². The summed E-state index contributed by atoms with van der Waals surface area (Å²) in [4.78, 5) is 41.1. The molecule has 1 fully saturated rings. The fraction of sp³-hybridized carbons (Fsp3) is 0.310. The van der Waals surface area contributed by atoms with Crippen LogP contribution in [0.1, 0.15) is 36.0 Å². The predicted octanol–water partition coefficient (Wildman–Crippen LogP) is 5.48. The van der Waals surface area contributed by atoms with Gasteiger partial charge in [-0.15, -0.1) is 11.3 Å². The summed E-state index contributed by atoms with van der Waals surface area (Å²) in [6, 6.07) is 20.1. The third-order valence-electron chi connectivity index (χ3n) is 6.64. The normalized spacial score (nSPS) is 13.8. The Morgan fingerprint density at radius 3 is 2.27 bits per heavy atom. The van der Waals surface area contributed by atoms with Crippen LogP contribution in [0.3, 0.4) is 0 Å². The zero-order valence-corrected chi connectivity index (χ0v) is 22.2. The van der Waals surface area contributed by atoms with Crippen molar-refractivity contribution in [3.63, 3.8) is 0 Å². The SMILES string of the molecule is CCc1cc2c(N3CCN(C(=O)c4ccc(-c5ccccc5)cc4)CC3)nc(NC(=O)C(C)C)nc2s1. The van der Waals surface area contributed by atoms with E-state index in [9.17, 15) is 9.59 Å². The van der Waals surface area contributed by atoms with Crippen LogP contribution in [0.25, 0.3) is 21.3 Å². The van der Waals surface area contributed by atoms with Crippen molar-refractivity contribution >= 4 is 45.1 Å². The fourth-order valence-corrected chi connectivity index (χ4v) is 5.38. The minimum absolute atomic E-state index is 0.0424. The highest BCUT2D eigenvalue weighted by Crippen LogP contribution is 2.33. The quantitative estimate of drug-likeness (QED) is 0.370. The lowest BCUT2D eigenvalue weighted by atomic mass is 10.0. The molecule has 8 heteroatoms. The summed E-state index contributed by atoms with van der Waals surface area (Å²) in [5.41, 5.74) is 2.92. The highest BCUT2D eigenvalue weighted by molar-refractivity contribution is 7.18. The first kappa shape index (κ1) is 24.9. The number of fused-ring (bicyclic) bond motifs is 1. The summed E-state index contributed by atoms with van der Waals surface area (Å²) in [6.07, 6.45) is 0.916. The molecule has 2 amide bonds. The molecule has 5 rings (SSSR count). The van der Waals surface area contributed by atoms with Gasteiger partial charge in [0.1, 0.15) is 10.6 Å². The average Bonchev–Trinajstić information content (AvgIpc) is 3.36. The van der Waals surface area contributed by atoms with Crippen LogP contribution in [0.5, 0.6) is 0 Å². The first-order valence-electron chi connectivity index (χ1n) is 12.7. The van der Waals surface area contributed by atoms with E-state index in [-0.39, 0.29) is 17.7 Å². The molecule has 0 spiro atoms. The molecule has 7 nitrogen and oxygen atoms in total. The molecule has 190 valence electrons. The van der Waals surface area contributed by atoms with Crippen LogP contribution in [-0.2, 0) is 11.2 Å². The van der Waals surface area contributed by atoms with Crippen molar-refractivity contribution in [2.45, 2.75) is 27.2 Å². The summed E-state index contributed by atoms with van der Waals surface area (Å²) < 4.78 is 0. The Morgan fingerprint density at radius 2 is 1.62 bits per heavy atom. The second-order valence-corrected chi connectivity index (χ2v) is 10.6. The van der Waals surface area contributed by atoms with Gasteiger partial charge in [0, 0.05) is 42.5 Å². The third-order valence-corrected chi connectivity index (χ3v) is 7.81. The number of rotatable bonds is 6. The lowest BCUT2D eigenvalue weighted by molar-refractivity contribution is -0.118. The molecule has 2 aromatic carbocycles. The predicted molar refractivity (Wildman–Crippen MR) is 150 cm³/mol. The molecule has 2 aromatic heterocycles. The van der Waals surface area contributed by atoms with Gasteiger partial charge in [0.25, 0.3) is 5.91 Å². The summed E-state index contributed by atoms with van der Waals surface area (Å²) in [5.74, 6) is 0.933. The number of piperazine rings is 1. The van der Waals surface area contributed by atoms with Gasteiger partial charge in [0.2, 0.25) is 11.9 Å². The Labute approximate surface area is 221 Å². The highest BCUT2D eigenvalue weighted by Gasteiger charge is 2.25. The van der Waals surface area contributed by atoms with Crippen LogP contribution in [-0.4, -0.2) is 52.9 Å². The molecule has 3 heterocycles. The van der Waals surface area contributed by atoms with Crippen molar-refractivity contribution in [3.05, 3.63) is 71.1 Å². The molecular weight excluding hydrogens is 482 g/mol. The average molecular weight is 514 g/mol. The molecule has 0 radical (unpaired) electrons. The minimum atomic E-state index is -0.159. The number of nitrogens with zero attached hydrogens (tertiary/aromatic N) is 4. The molecular formula is C29H31N5O2S. The smallest absolute Gasteiger partial charge is 0.253 e. The second kappa shape index (κ2) is 10.7. The maximum Gasteiger partial charge on any atom is 0.253 e. The van der Waals surface area contributed by atoms with Gasteiger partial charge in [0.05, 0.1) is 5.39 Å². The minimum Gasteiger partial charge on any atom is -0.352 e. The highest BCUT2D eigenvalue weighted by atomic mass is 32.1. The van der Waals surface area contributed by atoms with Crippen LogP contribution in [0.15, 0.2) is 60.7 Å². The van der Waals surface area contributed by atoms with E-state index >= 15 is 0 Å². The lowest BCUT2D eigenvalue weighted by Gasteiger charge is -2.35. The lowest BCUT2D eigenvalue weighted by Crippen LogP contribution is -2.49. The summed E-state index contributed by atoms with van der Waals surface area (Å²) >= 11 is 1.63. The number of thiophene rings is 1. The van der Waals surface area contributed by atoms with Crippen LogP contribution in [0.4, 0.5) is 11.8 Å². The maximum absolute atomic E-state index is 13.2. The van der Waals surface area contributed by atoms with E-state index in [1.165, 1.54) is 4.88 Å². The topological polar surface area (TPSA) is 78.4 Å². The van der Waals surface area contributed by atoms with Crippen molar-refractivity contribution in [3.8, 4) is 11.1 Å². The standard InChI is InChI=1S/C29H31N5O2S/c1-4-23-18-24-25(30-29(32-27(24)37-23)31-26(35)19(2)3)33-14-16-34(17-15-33)28(36)22-12-10-21(11-13-22)20-8-6-5-7-9-20/h5-13,18-19H,4,14-17H2,1-3H3,(H,30,31,32,35). The Balaban J connectivity index is 1.32. The van der Waals surface area contributed by atoms with Crippen LogP contribution in [0, 0.1) is 5.92 Å². The molecule has 0 atom stereocenters. The van der Waals surface area contributed by atoms with Crippen molar-refractivity contribution in [1.82, 2.24) is 14.9 Å². The molecule has 37 heavy (non-hydrogen) atoms. The Bertz CT molecular complexity index is 1410. The molecule has 1 aliphatic heterocycles. The van der Waals surface area contributed by atoms with E-state index in [0.717, 1.165) is 33.6 Å². The fourth-order valence-electron chi connectivity index (χ4n) is 4.42. The van der Waals surface area contributed by atoms with E-state index in [0.29, 0.717) is 37.7 Å². The first-order valence-corrected chi connectivity index (χ1v) is 13.6. The zero-order valence-electron chi connectivity index (χ0n) is 21.4. The van der Waals surface area contributed by atoms with Gasteiger partial charge in [-0.05, 0) is 35.7 Å². The molecule has 0 unspecified atom stereocenters. The van der Waals surface area contributed by atoms with E-state index in [4.69, 9.17) is 4.98 Å². The monoisotopic (exact) mass is 513 g/mol. The Hall–Kier alpha value is -3.78. The van der Waals surface area contributed by atoms with Crippen LogP contribution < -0.4 is 10.2 Å². The molecule has 1 saturated heterocycles. The second-order valence-electron chi connectivity index (χ2n) is 9.52. The molecule has 0 bridgehead atoms. The number of amides is 2. The molecule has 1 N–H and O–H groups in total. The number of carbonyl (C=O) groups is 2. The maximum atomic E-state index is 13.2. The van der Waals surface area contributed by atoms with Crippen molar-refractivity contribution in [2.24, 2.45) is 5.92 Å². The Kier molecular flexibility index (Phi) is 7.19. The van der Waals surface area contributed by atoms with E-state index in [1.54, 1.807) is 11.3 Å². The number of hydrogen-bond donors (Lipinski definition) is 1. The van der Waals surface area contributed by atoms with E-state index < -0.39 is 0 Å². The number of hydrogen-bond acceptors (Lipinski definition) is 6. The van der Waals surface area contributed by atoms with Crippen molar-refractivity contribution < 1.29 is 9.59 Å². The summed E-state index contributed by atoms with van der Waals surface area (Å²) in [6.45, 7) is 8.34. The zero-order chi connectivity index (χ0) is 25.9. The van der Waals surface area contributed by atoms with Gasteiger partial charge in [-0.25, -0.2) is 4.98 Å². The Morgan fingerprint density at radius 1 is 0.946 bits per heavy atom. The largest absolute Gasteiger partial charge is 0.352 e. The van der Waals surface area contributed by atoms with Gasteiger partial charge < -0.3 is 9.80 Å². The van der Waals surface area contributed by atoms with Gasteiger partial charge in [-0.1, -0.05) is 63.2 Å². The molecule has 0 aliphatic carbocycles. The molecule has 4 aromatic rings. The van der Waals surface area contributed by atoms with Gasteiger partial charge in [-0.3, -0.25) is 14.9 Å². The first-order chi connectivity index (χ1) is 17.9. The van der Waals surface area contributed by atoms with Crippen LogP contribution in [0.2, 0.25) is 0 Å². The van der Waals surface area contributed by atoms with E-state index in [1.807, 2.05) is 61.2 Å². The number of aryl methyl sites for hydroxylation is 1.